The number of hydrogen-bond acceptors (Lipinski definition) is 5. The number of carbonyl (C=O) groups is 3. The van der Waals surface area contributed by atoms with Crippen molar-refractivity contribution in [3.8, 4) is 5.75 Å². The second-order valence-electron chi connectivity index (χ2n) is 7.42. The van der Waals surface area contributed by atoms with Crippen LogP contribution in [0, 0.1) is 0 Å². The van der Waals surface area contributed by atoms with Crippen LogP contribution in [-0.2, 0) is 19.7 Å². The fraction of sp³-hybridized carbons (Fsp3) is 0.348. The molecule has 0 atom stereocenters. The van der Waals surface area contributed by atoms with Gasteiger partial charge in [-0.2, -0.15) is 0 Å². The van der Waals surface area contributed by atoms with Crippen LogP contribution in [0.3, 0.4) is 0 Å². The topological polar surface area (TPSA) is 93.7 Å². The molecule has 158 valence electrons. The zero-order chi connectivity index (χ0) is 21.6. The average Bonchev–Trinajstić information content (AvgIpc) is 3.27. The molecule has 30 heavy (non-hydrogen) atoms. The molecule has 3 rings (SSSR count). The van der Waals surface area contributed by atoms with Gasteiger partial charge in [-0.25, -0.2) is 4.79 Å². The van der Waals surface area contributed by atoms with Crippen molar-refractivity contribution >= 4 is 23.5 Å². The molecule has 0 radical (unpaired) electrons. The monoisotopic (exact) mass is 410 g/mol. The summed E-state index contributed by atoms with van der Waals surface area (Å²) >= 11 is 0. The van der Waals surface area contributed by atoms with Crippen molar-refractivity contribution in [3.63, 3.8) is 0 Å². The number of ether oxygens (including phenoxy) is 2. The van der Waals surface area contributed by atoms with E-state index in [0.717, 1.165) is 37.0 Å². The van der Waals surface area contributed by atoms with Gasteiger partial charge in [-0.15, -0.1) is 0 Å². The van der Waals surface area contributed by atoms with E-state index in [-0.39, 0.29) is 5.41 Å². The predicted molar refractivity (Wildman–Crippen MR) is 113 cm³/mol. The number of methoxy groups -OCH3 is 2. The molecule has 1 aliphatic rings. The van der Waals surface area contributed by atoms with Gasteiger partial charge in [0.2, 0.25) is 0 Å². The lowest BCUT2D eigenvalue weighted by Gasteiger charge is -2.30. The Balaban J connectivity index is 1.61. The summed E-state index contributed by atoms with van der Waals surface area (Å²) in [6, 6.07) is 14.0. The standard InChI is InChI=1S/C23H26N2O5/c1-29-19-11-7-17(8-12-19)23(13-3-4-14-23)15-24-20(26)21(27)25-18-9-5-16(6-10-18)22(28)30-2/h5-12H,3-4,13-15H2,1-2H3,(H,24,26)(H,25,27). The van der Waals surface area contributed by atoms with Gasteiger partial charge in [0.15, 0.2) is 0 Å². The quantitative estimate of drug-likeness (QED) is 0.564. The summed E-state index contributed by atoms with van der Waals surface area (Å²) in [5, 5.41) is 5.34. The molecule has 1 saturated carbocycles. The van der Waals surface area contributed by atoms with Gasteiger partial charge in [-0.1, -0.05) is 25.0 Å². The van der Waals surface area contributed by atoms with E-state index in [2.05, 4.69) is 15.4 Å². The number of anilines is 1. The molecule has 0 bridgehead atoms. The Labute approximate surface area is 175 Å². The Morgan fingerprint density at radius 3 is 2.10 bits per heavy atom. The first-order chi connectivity index (χ1) is 14.5. The van der Waals surface area contributed by atoms with Gasteiger partial charge in [-0.3, -0.25) is 9.59 Å². The summed E-state index contributed by atoms with van der Waals surface area (Å²) in [5.41, 5.74) is 1.75. The lowest BCUT2D eigenvalue weighted by atomic mass is 9.78. The van der Waals surface area contributed by atoms with Crippen molar-refractivity contribution in [1.82, 2.24) is 5.32 Å². The number of carbonyl (C=O) groups excluding carboxylic acids is 3. The maximum Gasteiger partial charge on any atom is 0.337 e. The van der Waals surface area contributed by atoms with E-state index < -0.39 is 17.8 Å². The minimum Gasteiger partial charge on any atom is -0.497 e. The molecule has 2 N–H and O–H groups in total. The zero-order valence-corrected chi connectivity index (χ0v) is 17.2. The highest BCUT2D eigenvalue weighted by atomic mass is 16.5. The third-order valence-corrected chi connectivity index (χ3v) is 5.62. The molecule has 0 aliphatic heterocycles. The lowest BCUT2D eigenvalue weighted by Crippen LogP contribution is -2.43. The van der Waals surface area contributed by atoms with Crippen molar-refractivity contribution in [2.24, 2.45) is 0 Å². The summed E-state index contributed by atoms with van der Waals surface area (Å²) in [4.78, 5) is 36.1. The van der Waals surface area contributed by atoms with E-state index in [0.29, 0.717) is 17.8 Å². The Morgan fingerprint density at radius 2 is 1.53 bits per heavy atom. The number of amides is 2. The molecule has 0 spiro atoms. The molecule has 1 fully saturated rings. The Morgan fingerprint density at radius 1 is 0.900 bits per heavy atom. The molecule has 7 nitrogen and oxygen atoms in total. The summed E-state index contributed by atoms with van der Waals surface area (Å²) in [6.45, 7) is 0.396. The first-order valence-corrected chi connectivity index (χ1v) is 9.89. The average molecular weight is 410 g/mol. The van der Waals surface area contributed by atoms with Crippen molar-refractivity contribution < 1.29 is 23.9 Å². The van der Waals surface area contributed by atoms with Crippen LogP contribution in [0.25, 0.3) is 0 Å². The SMILES string of the molecule is COC(=O)c1ccc(NC(=O)C(=O)NCC2(c3ccc(OC)cc3)CCCC2)cc1. The van der Waals surface area contributed by atoms with Crippen LogP contribution in [0.2, 0.25) is 0 Å². The number of hydrogen-bond donors (Lipinski definition) is 2. The van der Waals surface area contributed by atoms with Crippen LogP contribution in [0.15, 0.2) is 48.5 Å². The van der Waals surface area contributed by atoms with E-state index in [1.54, 1.807) is 19.2 Å². The van der Waals surface area contributed by atoms with Crippen molar-refractivity contribution in [2.45, 2.75) is 31.1 Å². The molecule has 2 aromatic carbocycles. The minimum absolute atomic E-state index is 0.176. The first-order valence-electron chi connectivity index (χ1n) is 9.89. The summed E-state index contributed by atoms with van der Waals surface area (Å²) in [5.74, 6) is -1.12. The molecule has 0 unspecified atom stereocenters. The minimum atomic E-state index is -0.747. The fourth-order valence-corrected chi connectivity index (χ4v) is 3.89. The first kappa shape index (κ1) is 21.4. The smallest absolute Gasteiger partial charge is 0.337 e. The van der Waals surface area contributed by atoms with Crippen molar-refractivity contribution in [2.75, 3.05) is 26.1 Å². The zero-order valence-electron chi connectivity index (χ0n) is 17.2. The van der Waals surface area contributed by atoms with Crippen LogP contribution in [0.5, 0.6) is 5.75 Å². The Hall–Kier alpha value is -3.35. The maximum atomic E-state index is 12.4. The molecular weight excluding hydrogens is 384 g/mol. The third kappa shape index (κ3) is 4.79. The molecule has 2 aromatic rings. The van der Waals surface area contributed by atoms with Gasteiger partial charge in [-0.05, 0) is 54.8 Å². The van der Waals surface area contributed by atoms with E-state index in [1.165, 1.54) is 19.2 Å². The van der Waals surface area contributed by atoms with Crippen LogP contribution >= 0.6 is 0 Å². The number of esters is 1. The highest BCUT2D eigenvalue weighted by molar-refractivity contribution is 6.39. The fourth-order valence-electron chi connectivity index (χ4n) is 3.89. The second kappa shape index (κ2) is 9.43. The largest absolute Gasteiger partial charge is 0.497 e. The Bertz CT molecular complexity index is 900. The van der Waals surface area contributed by atoms with Crippen LogP contribution in [0.4, 0.5) is 5.69 Å². The summed E-state index contributed by atoms with van der Waals surface area (Å²) in [7, 11) is 2.92. The lowest BCUT2D eigenvalue weighted by molar-refractivity contribution is -0.136. The van der Waals surface area contributed by atoms with Gasteiger partial charge < -0.3 is 20.1 Å². The van der Waals surface area contributed by atoms with Crippen molar-refractivity contribution in [1.29, 1.82) is 0 Å². The van der Waals surface area contributed by atoms with E-state index >= 15 is 0 Å². The second-order valence-corrected chi connectivity index (χ2v) is 7.42. The van der Waals surface area contributed by atoms with Gasteiger partial charge in [0.05, 0.1) is 19.8 Å². The molecule has 2 amide bonds. The normalized spacial score (nSPS) is 14.6. The van der Waals surface area contributed by atoms with E-state index in [1.807, 2.05) is 24.3 Å². The van der Waals surface area contributed by atoms with Gasteiger partial charge >= 0.3 is 17.8 Å². The number of nitrogens with one attached hydrogen (secondary N) is 2. The van der Waals surface area contributed by atoms with E-state index in [9.17, 15) is 14.4 Å². The third-order valence-electron chi connectivity index (χ3n) is 5.62. The van der Waals surface area contributed by atoms with Crippen LogP contribution < -0.4 is 15.4 Å². The number of benzene rings is 2. The van der Waals surface area contributed by atoms with E-state index in [4.69, 9.17) is 4.74 Å². The highest BCUT2D eigenvalue weighted by Crippen LogP contribution is 2.41. The molecular formula is C23H26N2O5. The maximum absolute atomic E-state index is 12.4. The van der Waals surface area contributed by atoms with Crippen LogP contribution in [0.1, 0.15) is 41.6 Å². The van der Waals surface area contributed by atoms with Gasteiger partial charge in [0.25, 0.3) is 0 Å². The molecule has 0 heterocycles. The Kier molecular flexibility index (Phi) is 6.72. The highest BCUT2D eigenvalue weighted by Gasteiger charge is 2.36. The van der Waals surface area contributed by atoms with Gasteiger partial charge in [0, 0.05) is 17.6 Å². The van der Waals surface area contributed by atoms with Gasteiger partial charge in [0.1, 0.15) is 5.75 Å². The molecule has 0 saturated heterocycles. The summed E-state index contributed by atoms with van der Waals surface area (Å²) < 4.78 is 9.87. The molecule has 0 aromatic heterocycles. The number of rotatable bonds is 6. The van der Waals surface area contributed by atoms with Crippen molar-refractivity contribution in [3.05, 3.63) is 59.7 Å². The molecule has 1 aliphatic carbocycles. The molecule has 7 heteroatoms. The van der Waals surface area contributed by atoms with Crippen LogP contribution in [-0.4, -0.2) is 38.5 Å². The summed E-state index contributed by atoms with van der Waals surface area (Å²) in [6.07, 6.45) is 4.08. The predicted octanol–water partition coefficient (Wildman–Crippen LogP) is 3.05.